The van der Waals surface area contributed by atoms with Crippen LogP contribution in [0.5, 0.6) is 5.75 Å². The number of ether oxygens (including phenoxy) is 1. The van der Waals surface area contributed by atoms with Gasteiger partial charge in [-0.25, -0.2) is 12.8 Å². The summed E-state index contributed by atoms with van der Waals surface area (Å²) in [5.41, 5.74) is 5.33. The van der Waals surface area contributed by atoms with Crippen molar-refractivity contribution in [3.63, 3.8) is 0 Å². The summed E-state index contributed by atoms with van der Waals surface area (Å²) in [6, 6.07) is 8.88. The molecule has 1 aliphatic rings. The van der Waals surface area contributed by atoms with Crippen LogP contribution in [0.4, 0.5) is 4.39 Å². The molecule has 2 N–H and O–H groups in total. The van der Waals surface area contributed by atoms with Crippen molar-refractivity contribution in [1.29, 1.82) is 0 Å². The molecule has 7 nitrogen and oxygen atoms in total. The smallest absolute Gasteiger partial charge is 0.252 e. The van der Waals surface area contributed by atoms with E-state index in [1.807, 2.05) is 0 Å². The summed E-state index contributed by atoms with van der Waals surface area (Å²) < 4.78 is 45.2. The lowest BCUT2D eigenvalue weighted by molar-refractivity contribution is 0.0911. The van der Waals surface area contributed by atoms with Crippen molar-refractivity contribution in [3.05, 3.63) is 59.4 Å². The molecule has 0 spiro atoms. The van der Waals surface area contributed by atoms with Crippen molar-refractivity contribution in [2.24, 2.45) is 5.73 Å². The van der Waals surface area contributed by atoms with Crippen LogP contribution >= 0.6 is 0 Å². The molecule has 0 bridgehead atoms. The van der Waals surface area contributed by atoms with Gasteiger partial charge in [0, 0.05) is 18.7 Å². The average Bonchev–Trinajstić information content (AvgIpc) is 3.21. The number of benzene rings is 2. The van der Waals surface area contributed by atoms with Gasteiger partial charge < -0.3 is 10.5 Å². The molecule has 9 heteroatoms. The molecule has 0 saturated carbocycles. The Balaban J connectivity index is 1.82. The first-order chi connectivity index (χ1) is 13.3. The minimum Gasteiger partial charge on any atom is -0.485 e. The molecular weight excluding hydrogens is 387 g/mol. The molecule has 0 aromatic heterocycles. The van der Waals surface area contributed by atoms with E-state index in [1.54, 1.807) is 0 Å². The molecule has 0 atom stereocenters. The SMILES string of the molecule is NC(=O)c1cc(S(=O)(=O)N2CCCC2)ccc1OCC(=O)c1cccc(F)c1. The van der Waals surface area contributed by atoms with E-state index in [2.05, 4.69) is 0 Å². The van der Waals surface area contributed by atoms with E-state index >= 15 is 0 Å². The number of carbonyl (C=O) groups excluding carboxylic acids is 2. The van der Waals surface area contributed by atoms with Crippen molar-refractivity contribution in [1.82, 2.24) is 4.31 Å². The second-order valence-electron chi connectivity index (χ2n) is 6.36. The van der Waals surface area contributed by atoms with Gasteiger partial charge in [0.2, 0.25) is 10.0 Å². The second-order valence-corrected chi connectivity index (χ2v) is 8.29. The highest BCUT2D eigenvalue weighted by atomic mass is 32.2. The third-order valence-corrected chi connectivity index (χ3v) is 6.32. The first-order valence-electron chi connectivity index (χ1n) is 8.64. The average molecular weight is 406 g/mol. The Labute approximate surface area is 161 Å². The number of nitrogens with two attached hydrogens (primary N) is 1. The highest BCUT2D eigenvalue weighted by molar-refractivity contribution is 7.89. The summed E-state index contributed by atoms with van der Waals surface area (Å²) in [4.78, 5) is 23.9. The number of ketones is 1. The van der Waals surface area contributed by atoms with Gasteiger partial charge >= 0.3 is 0 Å². The van der Waals surface area contributed by atoms with Crippen LogP contribution in [0.1, 0.15) is 33.6 Å². The maximum atomic E-state index is 13.2. The van der Waals surface area contributed by atoms with Crippen LogP contribution in [0, 0.1) is 5.82 Å². The summed E-state index contributed by atoms with van der Waals surface area (Å²) in [7, 11) is -3.73. The van der Waals surface area contributed by atoms with E-state index in [9.17, 15) is 22.4 Å². The largest absolute Gasteiger partial charge is 0.485 e. The van der Waals surface area contributed by atoms with Gasteiger partial charge in [-0.05, 0) is 43.2 Å². The number of rotatable bonds is 7. The first kappa shape index (κ1) is 20.0. The molecule has 148 valence electrons. The van der Waals surface area contributed by atoms with Crippen molar-refractivity contribution in [2.75, 3.05) is 19.7 Å². The van der Waals surface area contributed by atoms with Gasteiger partial charge in [-0.1, -0.05) is 12.1 Å². The van der Waals surface area contributed by atoms with Crippen LogP contribution in [0.2, 0.25) is 0 Å². The zero-order valence-corrected chi connectivity index (χ0v) is 15.7. The van der Waals surface area contributed by atoms with Crippen LogP contribution in [-0.2, 0) is 10.0 Å². The monoisotopic (exact) mass is 406 g/mol. The number of amides is 1. The number of hydrogen-bond donors (Lipinski definition) is 1. The summed E-state index contributed by atoms with van der Waals surface area (Å²) in [6.07, 6.45) is 1.57. The van der Waals surface area contributed by atoms with Gasteiger partial charge in [-0.2, -0.15) is 4.31 Å². The summed E-state index contributed by atoms with van der Waals surface area (Å²) in [5, 5.41) is 0. The highest BCUT2D eigenvalue weighted by Crippen LogP contribution is 2.26. The molecule has 28 heavy (non-hydrogen) atoms. The van der Waals surface area contributed by atoms with Crippen molar-refractivity contribution in [2.45, 2.75) is 17.7 Å². The lowest BCUT2D eigenvalue weighted by Crippen LogP contribution is -2.28. The molecule has 3 rings (SSSR count). The molecule has 1 aliphatic heterocycles. The van der Waals surface area contributed by atoms with Gasteiger partial charge in [-0.3, -0.25) is 9.59 Å². The predicted molar refractivity (Wildman–Crippen MR) is 99.2 cm³/mol. The molecule has 0 aliphatic carbocycles. The molecule has 2 aromatic rings. The van der Waals surface area contributed by atoms with E-state index in [4.69, 9.17) is 10.5 Å². The Kier molecular flexibility index (Phi) is 5.76. The molecule has 0 radical (unpaired) electrons. The minimum absolute atomic E-state index is 0.0161. The van der Waals surface area contributed by atoms with E-state index in [-0.39, 0.29) is 21.8 Å². The zero-order chi connectivity index (χ0) is 20.3. The Hall–Kier alpha value is -2.78. The van der Waals surface area contributed by atoms with E-state index in [0.717, 1.165) is 25.0 Å². The van der Waals surface area contributed by atoms with Gasteiger partial charge in [0.25, 0.3) is 5.91 Å². The molecule has 1 amide bonds. The van der Waals surface area contributed by atoms with Crippen molar-refractivity contribution >= 4 is 21.7 Å². The fourth-order valence-corrected chi connectivity index (χ4v) is 4.50. The minimum atomic E-state index is -3.73. The molecule has 1 fully saturated rings. The number of carbonyl (C=O) groups is 2. The predicted octanol–water partition coefficient (Wildman–Crippen LogP) is 1.97. The quantitative estimate of drug-likeness (QED) is 0.708. The van der Waals surface area contributed by atoms with Crippen LogP contribution in [0.15, 0.2) is 47.4 Å². The molecule has 1 saturated heterocycles. The van der Waals surface area contributed by atoms with E-state index in [1.165, 1.54) is 34.6 Å². The lowest BCUT2D eigenvalue weighted by Gasteiger charge is -2.17. The summed E-state index contributed by atoms with van der Waals surface area (Å²) in [6.45, 7) is 0.394. The first-order valence-corrected chi connectivity index (χ1v) is 10.1. The van der Waals surface area contributed by atoms with Gasteiger partial charge in [0.1, 0.15) is 11.6 Å². The Morgan fingerprint density at radius 2 is 1.82 bits per heavy atom. The summed E-state index contributed by atoms with van der Waals surface area (Å²) in [5.74, 6) is -1.95. The maximum Gasteiger partial charge on any atom is 0.252 e. The number of hydrogen-bond acceptors (Lipinski definition) is 5. The van der Waals surface area contributed by atoms with E-state index in [0.29, 0.717) is 13.1 Å². The molecular formula is C19H19FN2O5S. The molecule has 0 unspecified atom stereocenters. The van der Waals surface area contributed by atoms with E-state index < -0.39 is 34.1 Å². The fourth-order valence-electron chi connectivity index (χ4n) is 2.95. The van der Waals surface area contributed by atoms with Crippen LogP contribution in [0.25, 0.3) is 0 Å². The highest BCUT2D eigenvalue weighted by Gasteiger charge is 2.28. The number of sulfonamides is 1. The fraction of sp³-hybridized carbons (Fsp3) is 0.263. The van der Waals surface area contributed by atoms with Crippen LogP contribution in [0.3, 0.4) is 0 Å². The van der Waals surface area contributed by atoms with Crippen molar-refractivity contribution in [3.8, 4) is 5.75 Å². The van der Waals surface area contributed by atoms with Gasteiger partial charge in [0.15, 0.2) is 12.4 Å². The lowest BCUT2D eigenvalue weighted by atomic mass is 10.1. The second kappa shape index (κ2) is 8.07. The third kappa shape index (κ3) is 4.20. The Morgan fingerprint density at radius 1 is 1.11 bits per heavy atom. The third-order valence-electron chi connectivity index (χ3n) is 4.42. The zero-order valence-electron chi connectivity index (χ0n) is 14.9. The molecule has 1 heterocycles. The number of Topliss-reactive ketones (excluding diaryl/α,β-unsaturated/α-hetero) is 1. The standard InChI is InChI=1S/C19H19FN2O5S/c20-14-5-3-4-13(10-14)17(23)12-27-18-7-6-15(11-16(18)19(21)24)28(25,26)22-8-1-2-9-22/h3-7,10-11H,1-2,8-9,12H2,(H2,21,24). The van der Waals surface area contributed by atoms with Gasteiger partial charge in [0.05, 0.1) is 10.5 Å². The van der Waals surface area contributed by atoms with Crippen LogP contribution in [-0.4, -0.2) is 44.1 Å². The number of halogens is 1. The summed E-state index contributed by atoms with van der Waals surface area (Å²) >= 11 is 0. The van der Waals surface area contributed by atoms with Crippen molar-refractivity contribution < 1.29 is 27.1 Å². The normalized spacial score (nSPS) is 14.8. The molecule has 2 aromatic carbocycles. The maximum absolute atomic E-state index is 13.2. The number of primary amides is 1. The van der Waals surface area contributed by atoms with Gasteiger partial charge in [-0.15, -0.1) is 0 Å². The Bertz CT molecular complexity index is 1020. The Morgan fingerprint density at radius 3 is 2.46 bits per heavy atom. The topological polar surface area (TPSA) is 107 Å². The number of nitrogens with zero attached hydrogens (tertiary/aromatic N) is 1. The van der Waals surface area contributed by atoms with Crippen LogP contribution < -0.4 is 10.5 Å².